The standard InChI is InChI=1S/C24H22N2/c1-14(2)17-11-16-9-10-25-22-18-12-15-7-5-6-8-20(15)26-23(18)24(3,4)19(13-17)21(16)22/h5-14H,1-4H3. The van der Waals surface area contributed by atoms with Crippen LogP contribution in [0.25, 0.3) is 32.9 Å². The van der Waals surface area contributed by atoms with Crippen molar-refractivity contribution in [3.63, 3.8) is 0 Å². The summed E-state index contributed by atoms with van der Waals surface area (Å²) in [5, 5.41) is 3.73. The Hall–Kier alpha value is -2.74. The van der Waals surface area contributed by atoms with Crippen LogP contribution in [0.5, 0.6) is 0 Å². The van der Waals surface area contributed by atoms with Gasteiger partial charge < -0.3 is 0 Å². The number of benzene rings is 2. The minimum atomic E-state index is -0.154. The van der Waals surface area contributed by atoms with Crippen LogP contribution in [-0.4, -0.2) is 9.97 Å². The second kappa shape index (κ2) is 5.14. The predicted octanol–water partition coefficient (Wildman–Crippen LogP) is 6.21. The van der Waals surface area contributed by atoms with E-state index in [1.165, 1.54) is 32.8 Å². The van der Waals surface area contributed by atoms with E-state index in [1.807, 2.05) is 6.20 Å². The number of rotatable bonds is 1. The zero-order chi connectivity index (χ0) is 18.1. The summed E-state index contributed by atoms with van der Waals surface area (Å²) in [6.45, 7) is 9.10. The topological polar surface area (TPSA) is 25.8 Å². The normalized spacial score (nSPS) is 14.8. The van der Waals surface area contributed by atoms with Gasteiger partial charge in [-0.2, -0.15) is 0 Å². The molecular formula is C24H22N2. The Balaban J connectivity index is 1.97. The monoisotopic (exact) mass is 338 g/mol. The number of hydrogen-bond donors (Lipinski definition) is 0. The van der Waals surface area contributed by atoms with Crippen molar-refractivity contribution < 1.29 is 0 Å². The number of hydrogen-bond acceptors (Lipinski definition) is 2. The van der Waals surface area contributed by atoms with E-state index in [9.17, 15) is 0 Å². The maximum absolute atomic E-state index is 5.09. The van der Waals surface area contributed by atoms with Gasteiger partial charge in [0.05, 0.1) is 16.9 Å². The van der Waals surface area contributed by atoms with Crippen molar-refractivity contribution in [2.24, 2.45) is 0 Å². The number of pyridine rings is 2. The Kier molecular flexibility index (Phi) is 3.06. The molecule has 0 N–H and O–H groups in total. The molecule has 2 aromatic carbocycles. The van der Waals surface area contributed by atoms with Gasteiger partial charge >= 0.3 is 0 Å². The Morgan fingerprint density at radius 3 is 2.54 bits per heavy atom. The van der Waals surface area contributed by atoms with E-state index < -0.39 is 0 Å². The third kappa shape index (κ3) is 1.99. The molecule has 0 saturated carbocycles. The van der Waals surface area contributed by atoms with Crippen LogP contribution >= 0.6 is 0 Å². The molecule has 2 heterocycles. The Labute approximate surface area is 153 Å². The van der Waals surface area contributed by atoms with Gasteiger partial charge in [0.25, 0.3) is 0 Å². The highest BCUT2D eigenvalue weighted by Crippen LogP contribution is 2.48. The minimum Gasteiger partial charge on any atom is -0.256 e. The fourth-order valence-electron chi connectivity index (χ4n) is 4.27. The van der Waals surface area contributed by atoms with Crippen LogP contribution in [0, 0.1) is 0 Å². The molecule has 128 valence electrons. The molecular weight excluding hydrogens is 316 g/mol. The Bertz CT molecular complexity index is 1190. The number of para-hydroxylation sites is 1. The first-order valence-electron chi connectivity index (χ1n) is 9.30. The van der Waals surface area contributed by atoms with Gasteiger partial charge in [0.1, 0.15) is 0 Å². The quantitative estimate of drug-likeness (QED) is 0.412. The van der Waals surface area contributed by atoms with Crippen molar-refractivity contribution in [2.75, 3.05) is 0 Å². The highest BCUT2D eigenvalue weighted by molar-refractivity contribution is 6.03. The van der Waals surface area contributed by atoms with Crippen molar-refractivity contribution in [3.8, 4) is 11.3 Å². The van der Waals surface area contributed by atoms with Crippen molar-refractivity contribution in [3.05, 3.63) is 71.5 Å². The maximum atomic E-state index is 5.09. The molecule has 2 nitrogen and oxygen atoms in total. The summed E-state index contributed by atoms with van der Waals surface area (Å²) < 4.78 is 0. The number of nitrogens with zero attached hydrogens (tertiary/aromatic N) is 2. The predicted molar refractivity (Wildman–Crippen MR) is 109 cm³/mol. The second-order valence-electron chi connectivity index (χ2n) is 8.18. The van der Waals surface area contributed by atoms with Gasteiger partial charge in [-0.1, -0.05) is 58.0 Å². The SMILES string of the molecule is CC(C)c1cc2c3c(nccc3c1)-c1cc3ccccc3nc1C2(C)C. The summed E-state index contributed by atoms with van der Waals surface area (Å²) in [6.07, 6.45) is 1.93. The van der Waals surface area contributed by atoms with Gasteiger partial charge in [0.2, 0.25) is 0 Å². The van der Waals surface area contributed by atoms with E-state index in [2.05, 4.69) is 76.2 Å². The van der Waals surface area contributed by atoms with Gasteiger partial charge in [0, 0.05) is 27.9 Å². The Morgan fingerprint density at radius 1 is 0.923 bits per heavy atom. The summed E-state index contributed by atoms with van der Waals surface area (Å²) in [5.74, 6) is 0.494. The first kappa shape index (κ1) is 15.5. The molecule has 0 saturated heterocycles. The van der Waals surface area contributed by atoms with E-state index in [1.54, 1.807) is 0 Å². The van der Waals surface area contributed by atoms with Crippen LogP contribution in [0.15, 0.2) is 54.7 Å². The molecule has 0 atom stereocenters. The van der Waals surface area contributed by atoms with Crippen LogP contribution < -0.4 is 0 Å². The van der Waals surface area contributed by atoms with Gasteiger partial charge in [-0.15, -0.1) is 0 Å². The lowest BCUT2D eigenvalue weighted by Gasteiger charge is -2.34. The van der Waals surface area contributed by atoms with E-state index >= 15 is 0 Å². The van der Waals surface area contributed by atoms with Gasteiger partial charge in [0.15, 0.2) is 0 Å². The summed E-state index contributed by atoms with van der Waals surface area (Å²) in [4.78, 5) is 9.87. The molecule has 0 radical (unpaired) electrons. The third-order valence-electron chi connectivity index (χ3n) is 5.80. The second-order valence-corrected chi connectivity index (χ2v) is 8.18. The van der Waals surface area contributed by atoms with Crippen LogP contribution in [0.3, 0.4) is 0 Å². The highest BCUT2D eigenvalue weighted by Gasteiger charge is 2.36. The molecule has 1 aliphatic rings. The average Bonchev–Trinajstić information content (AvgIpc) is 2.64. The summed E-state index contributed by atoms with van der Waals surface area (Å²) in [6, 6.07) is 17.5. The van der Waals surface area contributed by atoms with Crippen LogP contribution in [0.1, 0.15) is 50.4 Å². The van der Waals surface area contributed by atoms with E-state index in [4.69, 9.17) is 9.97 Å². The zero-order valence-corrected chi connectivity index (χ0v) is 15.7. The molecule has 5 rings (SSSR count). The molecule has 0 bridgehead atoms. The molecule has 0 aliphatic heterocycles. The van der Waals surface area contributed by atoms with E-state index in [0.29, 0.717) is 5.92 Å². The first-order chi connectivity index (χ1) is 12.5. The largest absolute Gasteiger partial charge is 0.256 e. The van der Waals surface area contributed by atoms with Crippen LogP contribution in [0.4, 0.5) is 0 Å². The molecule has 0 fully saturated rings. The van der Waals surface area contributed by atoms with Crippen molar-refractivity contribution >= 4 is 21.7 Å². The van der Waals surface area contributed by atoms with Gasteiger partial charge in [-0.25, -0.2) is 0 Å². The first-order valence-corrected chi connectivity index (χ1v) is 9.30. The van der Waals surface area contributed by atoms with Crippen molar-refractivity contribution in [1.29, 1.82) is 0 Å². The lowest BCUT2D eigenvalue weighted by molar-refractivity contribution is 0.621. The lowest BCUT2D eigenvalue weighted by atomic mass is 9.71. The molecule has 0 amide bonds. The van der Waals surface area contributed by atoms with Crippen LogP contribution in [0.2, 0.25) is 0 Å². The molecule has 0 unspecified atom stereocenters. The summed E-state index contributed by atoms with van der Waals surface area (Å²) in [5.41, 5.74) is 6.99. The summed E-state index contributed by atoms with van der Waals surface area (Å²) in [7, 11) is 0. The number of aromatic nitrogens is 2. The molecule has 26 heavy (non-hydrogen) atoms. The fraction of sp³-hybridized carbons (Fsp3) is 0.250. The number of fused-ring (bicyclic) bond motifs is 3. The lowest BCUT2D eigenvalue weighted by Crippen LogP contribution is -2.26. The molecule has 0 spiro atoms. The third-order valence-corrected chi connectivity index (χ3v) is 5.80. The molecule has 4 aromatic rings. The van der Waals surface area contributed by atoms with Crippen molar-refractivity contribution in [1.82, 2.24) is 9.97 Å². The fourth-order valence-corrected chi connectivity index (χ4v) is 4.27. The highest BCUT2D eigenvalue weighted by atomic mass is 14.8. The molecule has 2 heteroatoms. The van der Waals surface area contributed by atoms with Gasteiger partial charge in [-0.3, -0.25) is 9.97 Å². The van der Waals surface area contributed by atoms with Crippen molar-refractivity contribution in [2.45, 2.75) is 39.0 Å². The van der Waals surface area contributed by atoms with E-state index in [0.717, 1.165) is 16.9 Å². The summed E-state index contributed by atoms with van der Waals surface area (Å²) >= 11 is 0. The zero-order valence-electron chi connectivity index (χ0n) is 15.7. The molecule has 1 aliphatic carbocycles. The van der Waals surface area contributed by atoms with E-state index in [-0.39, 0.29) is 5.41 Å². The minimum absolute atomic E-state index is 0.154. The average molecular weight is 338 g/mol. The van der Waals surface area contributed by atoms with Crippen LogP contribution in [-0.2, 0) is 5.41 Å². The van der Waals surface area contributed by atoms with Gasteiger partial charge in [-0.05, 0) is 40.6 Å². The smallest absolute Gasteiger partial charge is 0.0802 e. The Morgan fingerprint density at radius 2 is 1.73 bits per heavy atom. The molecule has 2 aromatic heterocycles. The maximum Gasteiger partial charge on any atom is 0.0802 e.